The highest BCUT2D eigenvalue weighted by Gasteiger charge is 2.27. The average Bonchev–Trinajstić information content (AvgIpc) is 1.88. The first-order chi connectivity index (χ1) is 4.56. The molecule has 2 heteroatoms. The third-order valence-corrected chi connectivity index (χ3v) is 2.19. The molecule has 0 amide bonds. The number of hydrogen-bond donors (Lipinski definition) is 2. The summed E-state index contributed by atoms with van der Waals surface area (Å²) in [5.74, 6) is 0. The second-order valence-electron chi connectivity index (χ2n) is 3.24. The summed E-state index contributed by atoms with van der Waals surface area (Å²) in [6, 6.07) is 0. The van der Waals surface area contributed by atoms with Gasteiger partial charge in [-0.1, -0.05) is 20.3 Å². The first kappa shape index (κ1) is 9.92. The van der Waals surface area contributed by atoms with E-state index in [4.69, 9.17) is 5.11 Å². The Morgan fingerprint density at radius 1 is 1.50 bits per heavy atom. The van der Waals surface area contributed by atoms with Crippen LogP contribution in [0, 0.1) is 5.41 Å². The van der Waals surface area contributed by atoms with Crippen molar-refractivity contribution in [3.05, 3.63) is 0 Å². The number of hydrogen-bond acceptors (Lipinski definition) is 2. The maximum atomic E-state index is 9.24. The van der Waals surface area contributed by atoms with Crippen molar-refractivity contribution in [1.29, 1.82) is 0 Å². The summed E-state index contributed by atoms with van der Waals surface area (Å²) in [6.07, 6.45) is 1.46. The molecule has 0 aromatic carbocycles. The normalized spacial score (nSPS) is 20.1. The molecule has 10 heavy (non-hydrogen) atoms. The van der Waals surface area contributed by atoms with Crippen LogP contribution in [0.3, 0.4) is 0 Å². The maximum Gasteiger partial charge on any atom is 0.0587 e. The highest BCUT2D eigenvalue weighted by atomic mass is 16.3. The standard InChI is InChI=1S/C8H18O2/c1-4-5-8(3,6-9)7(2)10/h7,9-10H,4-6H2,1-3H3. The van der Waals surface area contributed by atoms with Crippen molar-refractivity contribution in [3.8, 4) is 0 Å². The van der Waals surface area contributed by atoms with Crippen molar-refractivity contribution in [2.75, 3.05) is 6.61 Å². The molecule has 2 atom stereocenters. The molecule has 2 unspecified atom stereocenters. The molecule has 0 fully saturated rings. The van der Waals surface area contributed by atoms with Gasteiger partial charge >= 0.3 is 0 Å². The van der Waals surface area contributed by atoms with E-state index in [0.717, 1.165) is 12.8 Å². The summed E-state index contributed by atoms with van der Waals surface area (Å²) in [4.78, 5) is 0. The topological polar surface area (TPSA) is 40.5 Å². The summed E-state index contributed by atoms with van der Waals surface area (Å²) in [7, 11) is 0. The van der Waals surface area contributed by atoms with Gasteiger partial charge < -0.3 is 10.2 Å². The van der Waals surface area contributed by atoms with Crippen LogP contribution in [0.2, 0.25) is 0 Å². The molecule has 0 aliphatic heterocycles. The Bertz CT molecular complexity index is 91.3. The first-order valence-electron chi connectivity index (χ1n) is 3.85. The molecular formula is C8H18O2. The van der Waals surface area contributed by atoms with Crippen LogP contribution >= 0.6 is 0 Å². The van der Waals surface area contributed by atoms with Crippen LogP contribution in [-0.2, 0) is 0 Å². The molecular weight excluding hydrogens is 128 g/mol. The lowest BCUT2D eigenvalue weighted by Crippen LogP contribution is -2.33. The average molecular weight is 146 g/mol. The Labute approximate surface area is 62.9 Å². The molecule has 0 aromatic heterocycles. The maximum absolute atomic E-state index is 9.24. The van der Waals surface area contributed by atoms with Crippen molar-refractivity contribution in [2.24, 2.45) is 5.41 Å². The van der Waals surface area contributed by atoms with Gasteiger partial charge in [-0.05, 0) is 13.3 Å². The van der Waals surface area contributed by atoms with Gasteiger partial charge in [-0.3, -0.25) is 0 Å². The lowest BCUT2D eigenvalue weighted by Gasteiger charge is -2.29. The Morgan fingerprint density at radius 3 is 2.10 bits per heavy atom. The molecule has 0 aliphatic rings. The van der Waals surface area contributed by atoms with E-state index in [0.29, 0.717) is 0 Å². The van der Waals surface area contributed by atoms with Gasteiger partial charge in [0.1, 0.15) is 0 Å². The Hall–Kier alpha value is -0.0800. The van der Waals surface area contributed by atoms with Gasteiger partial charge in [0.2, 0.25) is 0 Å². The van der Waals surface area contributed by atoms with Gasteiger partial charge in [-0.15, -0.1) is 0 Å². The third kappa shape index (κ3) is 2.27. The Morgan fingerprint density at radius 2 is 2.00 bits per heavy atom. The zero-order valence-electron chi connectivity index (χ0n) is 7.09. The number of aliphatic hydroxyl groups excluding tert-OH is 2. The second-order valence-corrected chi connectivity index (χ2v) is 3.24. The van der Waals surface area contributed by atoms with Crippen molar-refractivity contribution in [2.45, 2.75) is 39.7 Å². The van der Waals surface area contributed by atoms with Crippen LogP contribution in [-0.4, -0.2) is 22.9 Å². The van der Waals surface area contributed by atoms with Crippen LogP contribution in [0.4, 0.5) is 0 Å². The number of aliphatic hydroxyl groups is 2. The number of rotatable bonds is 4. The van der Waals surface area contributed by atoms with Gasteiger partial charge in [0, 0.05) is 5.41 Å². The summed E-state index contributed by atoms with van der Waals surface area (Å²) >= 11 is 0. The van der Waals surface area contributed by atoms with Gasteiger partial charge in [0.05, 0.1) is 12.7 Å². The summed E-state index contributed by atoms with van der Waals surface area (Å²) in [5, 5.41) is 18.2. The quantitative estimate of drug-likeness (QED) is 0.625. The summed E-state index contributed by atoms with van der Waals surface area (Å²) in [5.41, 5.74) is -0.297. The van der Waals surface area contributed by atoms with Crippen LogP contribution in [0.25, 0.3) is 0 Å². The van der Waals surface area contributed by atoms with E-state index in [9.17, 15) is 5.11 Å². The fourth-order valence-corrected chi connectivity index (χ4v) is 0.991. The zero-order chi connectivity index (χ0) is 8.20. The smallest absolute Gasteiger partial charge is 0.0587 e. The van der Waals surface area contributed by atoms with E-state index in [1.165, 1.54) is 0 Å². The molecule has 2 N–H and O–H groups in total. The van der Waals surface area contributed by atoms with Gasteiger partial charge in [-0.25, -0.2) is 0 Å². The predicted octanol–water partition coefficient (Wildman–Crippen LogP) is 1.17. The first-order valence-corrected chi connectivity index (χ1v) is 3.85. The molecule has 62 valence electrons. The molecule has 2 nitrogen and oxygen atoms in total. The molecule has 0 heterocycles. The van der Waals surface area contributed by atoms with Crippen molar-refractivity contribution >= 4 is 0 Å². The Kier molecular flexibility index (Phi) is 3.91. The third-order valence-electron chi connectivity index (χ3n) is 2.19. The van der Waals surface area contributed by atoms with Crippen molar-refractivity contribution in [3.63, 3.8) is 0 Å². The molecule has 0 saturated carbocycles. The molecule has 0 spiro atoms. The Balaban J connectivity index is 3.94. The van der Waals surface area contributed by atoms with E-state index < -0.39 is 6.10 Å². The van der Waals surface area contributed by atoms with Crippen LogP contribution < -0.4 is 0 Å². The van der Waals surface area contributed by atoms with E-state index in [-0.39, 0.29) is 12.0 Å². The van der Waals surface area contributed by atoms with Gasteiger partial charge in [0.15, 0.2) is 0 Å². The van der Waals surface area contributed by atoms with E-state index >= 15 is 0 Å². The predicted molar refractivity (Wildman–Crippen MR) is 41.8 cm³/mol. The van der Waals surface area contributed by atoms with E-state index in [1.54, 1.807) is 6.92 Å². The SMILES string of the molecule is CCCC(C)(CO)C(C)O. The molecule has 0 bridgehead atoms. The minimum atomic E-state index is -0.419. The highest BCUT2D eigenvalue weighted by molar-refractivity contribution is 4.77. The van der Waals surface area contributed by atoms with Crippen LogP contribution in [0.5, 0.6) is 0 Å². The second kappa shape index (κ2) is 3.94. The summed E-state index contributed by atoms with van der Waals surface area (Å²) in [6.45, 7) is 5.75. The molecule has 0 aliphatic carbocycles. The van der Waals surface area contributed by atoms with Crippen molar-refractivity contribution < 1.29 is 10.2 Å². The fourth-order valence-electron chi connectivity index (χ4n) is 0.991. The highest BCUT2D eigenvalue weighted by Crippen LogP contribution is 2.26. The minimum Gasteiger partial charge on any atom is -0.396 e. The van der Waals surface area contributed by atoms with Crippen LogP contribution in [0.1, 0.15) is 33.6 Å². The lowest BCUT2D eigenvalue weighted by molar-refractivity contribution is 0.000171. The lowest BCUT2D eigenvalue weighted by atomic mass is 9.82. The molecule has 0 aromatic rings. The molecule has 0 radical (unpaired) electrons. The van der Waals surface area contributed by atoms with Gasteiger partial charge in [-0.2, -0.15) is 0 Å². The molecule has 0 saturated heterocycles. The largest absolute Gasteiger partial charge is 0.396 e. The molecule has 0 rings (SSSR count). The fraction of sp³-hybridized carbons (Fsp3) is 1.00. The zero-order valence-corrected chi connectivity index (χ0v) is 7.09. The van der Waals surface area contributed by atoms with E-state index in [2.05, 4.69) is 6.92 Å². The van der Waals surface area contributed by atoms with E-state index in [1.807, 2.05) is 6.92 Å². The summed E-state index contributed by atoms with van der Waals surface area (Å²) < 4.78 is 0. The minimum absolute atomic E-state index is 0.0680. The van der Waals surface area contributed by atoms with Crippen molar-refractivity contribution in [1.82, 2.24) is 0 Å². The monoisotopic (exact) mass is 146 g/mol. The van der Waals surface area contributed by atoms with Crippen LogP contribution in [0.15, 0.2) is 0 Å². The van der Waals surface area contributed by atoms with Gasteiger partial charge in [0.25, 0.3) is 0 Å².